The zero-order chi connectivity index (χ0) is 15.1. The number of nitrogens with zero attached hydrogens (tertiary/aromatic N) is 1. The molecule has 1 N–H and O–H groups in total. The van der Waals surface area contributed by atoms with Crippen LogP contribution in [0.3, 0.4) is 0 Å². The van der Waals surface area contributed by atoms with Crippen LogP contribution in [0.15, 0.2) is 22.7 Å². The van der Waals surface area contributed by atoms with Crippen LogP contribution in [-0.2, 0) is 6.54 Å². The number of methoxy groups -OCH3 is 1. The average Bonchev–Trinajstić information content (AvgIpc) is 2.49. The molecule has 0 aromatic heterocycles. The lowest BCUT2D eigenvalue weighted by Crippen LogP contribution is -2.38. The molecular weight excluding hydrogens is 328 g/mol. The third-order valence-electron chi connectivity index (χ3n) is 4.28. The molecule has 1 aromatic carbocycles. The minimum Gasteiger partial charge on any atom is -0.496 e. The summed E-state index contributed by atoms with van der Waals surface area (Å²) < 4.78 is 6.27. The molecule has 118 valence electrons. The normalized spacial score (nSPS) is 19.7. The van der Waals surface area contributed by atoms with Crippen molar-refractivity contribution in [2.45, 2.75) is 45.2 Å². The van der Waals surface area contributed by atoms with Crippen molar-refractivity contribution in [1.82, 2.24) is 10.2 Å². The maximum absolute atomic E-state index is 5.25. The second-order valence-corrected chi connectivity index (χ2v) is 6.73. The molecule has 1 aliphatic rings. The van der Waals surface area contributed by atoms with Gasteiger partial charge in [0.2, 0.25) is 0 Å². The van der Waals surface area contributed by atoms with Gasteiger partial charge in [0, 0.05) is 12.6 Å². The second-order valence-electron chi connectivity index (χ2n) is 5.88. The Bertz CT molecular complexity index is 439. The van der Waals surface area contributed by atoms with Crippen molar-refractivity contribution in [3.05, 3.63) is 28.2 Å². The van der Waals surface area contributed by atoms with Gasteiger partial charge in [0.05, 0.1) is 11.6 Å². The molecule has 4 heteroatoms. The Morgan fingerprint density at radius 1 is 1.38 bits per heavy atom. The van der Waals surface area contributed by atoms with Gasteiger partial charge in [-0.05, 0) is 79.4 Å². The summed E-state index contributed by atoms with van der Waals surface area (Å²) in [5, 5.41) is 3.53. The van der Waals surface area contributed by atoms with Crippen LogP contribution in [0.2, 0.25) is 0 Å². The van der Waals surface area contributed by atoms with Crippen molar-refractivity contribution in [3.63, 3.8) is 0 Å². The quantitative estimate of drug-likeness (QED) is 0.753. The summed E-state index contributed by atoms with van der Waals surface area (Å²) in [6.45, 7) is 6.86. The molecule has 0 aliphatic carbocycles. The van der Waals surface area contributed by atoms with E-state index in [9.17, 15) is 0 Å². The molecule has 0 saturated carbocycles. The number of hydrogen-bond acceptors (Lipinski definition) is 3. The molecule has 3 nitrogen and oxygen atoms in total. The molecule has 1 fully saturated rings. The van der Waals surface area contributed by atoms with Crippen LogP contribution >= 0.6 is 15.9 Å². The SMILES string of the molecule is COc1ccc(CNCCCN2CCCCC2C)cc1Br. The van der Waals surface area contributed by atoms with Crippen LogP contribution in [0.25, 0.3) is 0 Å². The van der Waals surface area contributed by atoms with Gasteiger partial charge in [-0.25, -0.2) is 0 Å². The van der Waals surface area contributed by atoms with E-state index in [1.165, 1.54) is 44.3 Å². The average molecular weight is 355 g/mol. The number of halogens is 1. The van der Waals surface area contributed by atoms with Gasteiger partial charge in [0.25, 0.3) is 0 Å². The molecule has 1 heterocycles. The molecule has 1 aromatic rings. The largest absolute Gasteiger partial charge is 0.496 e. The van der Waals surface area contributed by atoms with Gasteiger partial charge in [0.15, 0.2) is 0 Å². The first-order chi connectivity index (χ1) is 10.2. The minimum atomic E-state index is 0.774. The first-order valence-corrected chi connectivity index (χ1v) is 8.77. The first-order valence-electron chi connectivity index (χ1n) is 7.98. The minimum absolute atomic E-state index is 0.774. The highest BCUT2D eigenvalue weighted by Crippen LogP contribution is 2.25. The predicted octanol–water partition coefficient (Wildman–Crippen LogP) is 3.81. The Morgan fingerprint density at radius 3 is 2.95 bits per heavy atom. The van der Waals surface area contributed by atoms with E-state index >= 15 is 0 Å². The summed E-state index contributed by atoms with van der Waals surface area (Å²) in [6.07, 6.45) is 5.37. The summed E-state index contributed by atoms with van der Waals surface area (Å²) in [4.78, 5) is 2.63. The number of nitrogens with one attached hydrogen (secondary N) is 1. The summed E-state index contributed by atoms with van der Waals surface area (Å²) in [5.41, 5.74) is 1.29. The number of benzene rings is 1. The van der Waals surface area contributed by atoms with Crippen LogP contribution in [0, 0.1) is 0 Å². The molecule has 1 atom stereocenters. The predicted molar refractivity (Wildman–Crippen MR) is 91.9 cm³/mol. The van der Waals surface area contributed by atoms with E-state index in [0.717, 1.165) is 29.4 Å². The van der Waals surface area contributed by atoms with Crippen LogP contribution < -0.4 is 10.1 Å². The Kier molecular flexibility index (Phi) is 7.00. The fourth-order valence-corrected chi connectivity index (χ4v) is 3.54. The summed E-state index contributed by atoms with van der Waals surface area (Å²) in [7, 11) is 1.69. The van der Waals surface area contributed by atoms with Gasteiger partial charge in [-0.2, -0.15) is 0 Å². The van der Waals surface area contributed by atoms with Gasteiger partial charge in [0.1, 0.15) is 5.75 Å². The van der Waals surface area contributed by atoms with Gasteiger partial charge < -0.3 is 15.0 Å². The zero-order valence-corrected chi connectivity index (χ0v) is 14.8. The van der Waals surface area contributed by atoms with Crippen molar-refractivity contribution < 1.29 is 4.74 Å². The third-order valence-corrected chi connectivity index (χ3v) is 4.90. The zero-order valence-electron chi connectivity index (χ0n) is 13.2. The monoisotopic (exact) mass is 354 g/mol. The third kappa shape index (κ3) is 5.28. The van der Waals surface area contributed by atoms with Crippen LogP contribution in [0.1, 0.15) is 38.2 Å². The lowest BCUT2D eigenvalue weighted by Gasteiger charge is -2.33. The lowest BCUT2D eigenvalue weighted by molar-refractivity contribution is 0.159. The molecule has 21 heavy (non-hydrogen) atoms. The lowest BCUT2D eigenvalue weighted by atomic mass is 10.0. The summed E-state index contributed by atoms with van der Waals surface area (Å²) in [5.74, 6) is 0.887. The van der Waals surface area contributed by atoms with Gasteiger partial charge in [-0.1, -0.05) is 12.5 Å². The number of likely N-dealkylation sites (tertiary alicyclic amines) is 1. The molecule has 0 amide bonds. The van der Waals surface area contributed by atoms with E-state index < -0.39 is 0 Å². The maximum Gasteiger partial charge on any atom is 0.133 e. The molecule has 1 aliphatic heterocycles. The van der Waals surface area contributed by atoms with Crippen molar-refractivity contribution in [1.29, 1.82) is 0 Å². The number of ether oxygens (including phenoxy) is 1. The van der Waals surface area contributed by atoms with E-state index in [-0.39, 0.29) is 0 Å². The van der Waals surface area contributed by atoms with E-state index in [1.54, 1.807) is 7.11 Å². The number of hydrogen-bond donors (Lipinski definition) is 1. The van der Waals surface area contributed by atoms with Gasteiger partial charge >= 0.3 is 0 Å². The smallest absolute Gasteiger partial charge is 0.133 e. The molecular formula is C17H27BrN2O. The van der Waals surface area contributed by atoms with E-state index in [4.69, 9.17) is 4.74 Å². The molecule has 0 bridgehead atoms. The fraction of sp³-hybridized carbons (Fsp3) is 0.647. The standard InChI is InChI=1S/C17H27BrN2O/c1-14-6-3-4-10-20(14)11-5-9-19-13-15-7-8-17(21-2)16(18)12-15/h7-8,12,14,19H,3-6,9-11,13H2,1-2H3. The Hall–Kier alpha value is -0.580. The summed E-state index contributed by atoms with van der Waals surface area (Å²) in [6, 6.07) is 7.02. The first kappa shape index (κ1) is 16.8. The highest BCUT2D eigenvalue weighted by atomic mass is 79.9. The number of rotatable bonds is 7. The van der Waals surface area contributed by atoms with Crippen molar-refractivity contribution in [3.8, 4) is 5.75 Å². The van der Waals surface area contributed by atoms with E-state index in [2.05, 4.69) is 45.2 Å². The fourth-order valence-electron chi connectivity index (χ4n) is 2.95. The van der Waals surface area contributed by atoms with Gasteiger partial charge in [-0.15, -0.1) is 0 Å². The second kappa shape index (κ2) is 8.76. The molecule has 1 unspecified atom stereocenters. The van der Waals surface area contributed by atoms with Crippen molar-refractivity contribution in [2.24, 2.45) is 0 Å². The van der Waals surface area contributed by atoms with Crippen LogP contribution in [0.4, 0.5) is 0 Å². The van der Waals surface area contributed by atoms with E-state index in [0.29, 0.717) is 0 Å². The molecule has 1 saturated heterocycles. The topological polar surface area (TPSA) is 24.5 Å². The van der Waals surface area contributed by atoms with Gasteiger partial charge in [-0.3, -0.25) is 0 Å². The summed E-state index contributed by atoms with van der Waals surface area (Å²) >= 11 is 3.53. The van der Waals surface area contributed by atoms with Crippen LogP contribution in [-0.4, -0.2) is 37.7 Å². The van der Waals surface area contributed by atoms with Crippen molar-refractivity contribution >= 4 is 15.9 Å². The maximum atomic E-state index is 5.25. The molecule has 0 spiro atoms. The molecule has 2 rings (SSSR count). The molecule has 0 radical (unpaired) electrons. The Balaban J connectivity index is 1.64. The van der Waals surface area contributed by atoms with E-state index in [1.807, 2.05) is 6.07 Å². The van der Waals surface area contributed by atoms with Crippen molar-refractivity contribution in [2.75, 3.05) is 26.7 Å². The Morgan fingerprint density at radius 2 is 2.24 bits per heavy atom. The van der Waals surface area contributed by atoms with Crippen LogP contribution in [0.5, 0.6) is 5.75 Å². The highest BCUT2D eigenvalue weighted by molar-refractivity contribution is 9.10. The number of piperidine rings is 1. The Labute approximate surface area is 137 Å². The highest BCUT2D eigenvalue weighted by Gasteiger charge is 2.16.